The molecule has 5 atom stereocenters. The number of aliphatic hydroxyl groups is 1. The van der Waals surface area contributed by atoms with Gasteiger partial charge in [-0.2, -0.15) is 0 Å². The van der Waals surface area contributed by atoms with Crippen molar-refractivity contribution in [3.63, 3.8) is 0 Å². The van der Waals surface area contributed by atoms with Gasteiger partial charge in [-0.15, -0.1) is 11.3 Å². The Hall–Kier alpha value is -2.00. The molecule has 2 fully saturated rings. The second-order valence-electron chi connectivity index (χ2n) is 8.16. The number of benzene rings is 1. The van der Waals surface area contributed by atoms with Crippen molar-refractivity contribution in [1.82, 2.24) is 4.98 Å². The van der Waals surface area contributed by atoms with E-state index >= 15 is 0 Å². The molecule has 1 aromatic heterocycles. The molecular formula is C23H25ClFNO5S. The number of hydrogen-bond donors (Lipinski definition) is 2. The summed E-state index contributed by atoms with van der Waals surface area (Å²) in [4.78, 5) is 15.2. The molecule has 9 heteroatoms. The van der Waals surface area contributed by atoms with Crippen LogP contribution in [0.4, 0.5) is 4.39 Å². The number of carboxylic acids is 1. The average molecular weight is 482 g/mol. The van der Waals surface area contributed by atoms with Crippen LogP contribution < -0.4 is 4.74 Å². The lowest BCUT2D eigenvalue weighted by molar-refractivity contribution is -0.0767. The maximum absolute atomic E-state index is 13.4. The molecule has 0 unspecified atom stereocenters. The standard InChI is InChI=1S/C23H25ClFNO5S/c24-16-7-5-13(10-17(16)25)30-9-3-1-2-4-14-15-6-8-20(31-21(15)11-19(14)27)22-26-18(12-32-22)23(28)29/h2,4-5,7,10,12,14-15,19-21,27H,1,3,6,8-9,11H2,(H,28,29)/b4-2+/t14-,15-,19-,20-,21+/m1/s1. The molecule has 2 N–H and O–H groups in total. The Labute approximate surface area is 194 Å². The molecule has 1 aliphatic carbocycles. The van der Waals surface area contributed by atoms with Crippen LogP contribution in [0.1, 0.15) is 53.7 Å². The first kappa shape index (κ1) is 23.2. The third-order valence-corrected chi connectivity index (χ3v) is 7.28. The molecule has 1 saturated heterocycles. The highest BCUT2D eigenvalue weighted by atomic mass is 35.5. The summed E-state index contributed by atoms with van der Waals surface area (Å²) in [5, 5.41) is 21.9. The minimum atomic E-state index is -1.03. The maximum atomic E-state index is 13.4. The summed E-state index contributed by atoms with van der Waals surface area (Å²) in [7, 11) is 0. The van der Waals surface area contributed by atoms with E-state index in [4.69, 9.17) is 26.2 Å². The molecule has 0 amide bonds. The van der Waals surface area contributed by atoms with Crippen LogP contribution in [-0.2, 0) is 4.74 Å². The zero-order valence-electron chi connectivity index (χ0n) is 17.3. The Bertz CT molecular complexity index is 983. The lowest BCUT2D eigenvalue weighted by Gasteiger charge is -2.33. The Kier molecular flexibility index (Phi) is 7.45. The molecule has 1 saturated carbocycles. The van der Waals surface area contributed by atoms with Gasteiger partial charge in [0.15, 0.2) is 5.69 Å². The number of fused-ring (bicyclic) bond motifs is 1. The van der Waals surface area contributed by atoms with Crippen molar-refractivity contribution >= 4 is 28.9 Å². The van der Waals surface area contributed by atoms with Gasteiger partial charge in [0, 0.05) is 23.8 Å². The second-order valence-corrected chi connectivity index (χ2v) is 9.45. The van der Waals surface area contributed by atoms with Gasteiger partial charge in [0.1, 0.15) is 22.7 Å². The number of aromatic nitrogens is 1. The normalized spacial score (nSPS) is 27.5. The molecule has 1 aromatic carbocycles. The molecule has 6 nitrogen and oxygen atoms in total. The summed E-state index contributed by atoms with van der Waals surface area (Å²) < 4.78 is 25.2. The zero-order valence-corrected chi connectivity index (χ0v) is 18.9. The first-order valence-electron chi connectivity index (χ1n) is 10.7. The molecule has 0 spiro atoms. The summed E-state index contributed by atoms with van der Waals surface area (Å²) in [6.45, 7) is 0.460. The van der Waals surface area contributed by atoms with Gasteiger partial charge >= 0.3 is 5.97 Å². The number of nitrogens with zero attached hydrogens (tertiary/aromatic N) is 1. The topological polar surface area (TPSA) is 88.9 Å². The largest absolute Gasteiger partial charge is 0.493 e. The number of hydrogen-bond acceptors (Lipinski definition) is 6. The predicted molar refractivity (Wildman–Crippen MR) is 119 cm³/mol. The van der Waals surface area contributed by atoms with Gasteiger partial charge in [-0.1, -0.05) is 23.8 Å². The first-order chi connectivity index (χ1) is 15.4. The fourth-order valence-electron chi connectivity index (χ4n) is 4.46. The van der Waals surface area contributed by atoms with Crippen LogP contribution in [0.15, 0.2) is 35.7 Å². The molecule has 2 aromatic rings. The molecule has 172 valence electrons. The van der Waals surface area contributed by atoms with Gasteiger partial charge < -0.3 is 19.7 Å². The van der Waals surface area contributed by atoms with Crippen molar-refractivity contribution < 1.29 is 28.9 Å². The average Bonchev–Trinajstić information content (AvgIpc) is 3.37. The van der Waals surface area contributed by atoms with Crippen molar-refractivity contribution in [1.29, 1.82) is 0 Å². The SMILES string of the molecule is O=C(O)c1csc([C@H]2CC[C@@H]3[C@@H](/C=C/CCCOc4ccc(Cl)c(F)c4)[C@H](O)C[C@@H]3O2)n1. The third kappa shape index (κ3) is 5.31. The van der Waals surface area contributed by atoms with E-state index in [-0.39, 0.29) is 34.8 Å². The Balaban J connectivity index is 1.24. The van der Waals surface area contributed by atoms with E-state index in [1.165, 1.54) is 28.8 Å². The van der Waals surface area contributed by atoms with Gasteiger partial charge in [0.2, 0.25) is 0 Å². The molecule has 4 rings (SSSR count). The number of ether oxygens (including phenoxy) is 2. The van der Waals surface area contributed by atoms with Gasteiger partial charge in [0.25, 0.3) is 0 Å². The Morgan fingerprint density at radius 3 is 3.00 bits per heavy atom. The molecular weight excluding hydrogens is 457 g/mol. The van der Waals surface area contributed by atoms with Crippen LogP contribution in [-0.4, -0.2) is 40.0 Å². The molecule has 2 heterocycles. The van der Waals surface area contributed by atoms with Crippen molar-refractivity contribution in [3.05, 3.63) is 57.3 Å². The number of aliphatic hydroxyl groups excluding tert-OH is 1. The number of carbonyl (C=O) groups is 1. The van der Waals surface area contributed by atoms with Crippen molar-refractivity contribution in [2.75, 3.05) is 6.61 Å². The number of rotatable bonds is 8. The Morgan fingerprint density at radius 1 is 1.41 bits per heavy atom. The highest BCUT2D eigenvalue weighted by Gasteiger charge is 2.45. The minimum absolute atomic E-state index is 0.0399. The summed E-state index contributed by atoms with van der Waals surface area (Å²) in [5.41, 5.74) is 0.0492. The molecule has 1 aliphatic heterocycles. The number of halogens is 2. The quantitative estimate of drug-likeness (QED) is 0.394. The van der Waals surface area contributed by atoms with Crippen LogP contribution in [0.2, 0.25) is 5.02 Å². The smallest absolute Gasteiger partial charge is 0.355 e. The highest BCUT2D eigenvalue weighted by Crippen LogP contribution is 2.46. The van der Waals surface area contributed by atoms with Crippen molar-refractivity contribution in [3.8, 4) is 5.75 Å². The molecule has 2 aliphatic rings. The van der Waals surface area contributed by atoms with Crippen molar-refractivity contribution in [2.45, 2.75) is 50.4 Å². The minimum Gasteiger partial charge on any atom is -0.493 e. The maximum Gasteiger partial charge on any atom is 0.355 e. The van der Waals surface area contributed by atoms with Crippen LogP contribution in [0.5, 0.6) is 5.75 Å². The first-order valence-corrected chi connectivity index (χ1v) is 11.9. The molecule has 0 bridgehead atoms. The number of thiazole rings is 1. The lowest BCUT2D eigenvalue weighted by Crippen LogP contribution is -2.29. The van der Waals surface area contributed by atoms with Gasteiger partial charge in [-0.25, -0.2) is 14.2 Å². The summed E-state index contributed by atoms with van der Waals surface area (Å²) in [5.74, 6) is -0.797. The van der Waals surface area contributed by atoms with E-state index in [0.717, 1.165) is 25.7 Å². The summed E-state index contributed by atoms with van der Waals surface area (Å²) in [6, 6.07) is 4.39. The fourth-order valence-corrected chi connectivity index (χ4v) is 5.44. The van der Waals surface area contributed by atoms with E-state index < -0.39 is 17.9 Å². The predicted octanol–water partition coefficient (Wildman–Crippen LogP) is 5.27. The monoisotopic (exact) mass is 481 g/mol. The van der Waals surface area contributed by atoms with E-state index in [2.05, 4.69) is 17.1 Å². The highest BCUT2D eigenvalue weighted by molar-refractivity contribution is 7.09. The molecule has 32 heavy (non-hydrogen) atoms. The Morgan fingerprint density at radius 2 is 2.25 bits per heavy atom. The number of carboxylic acid groups (broad SMARTS) is 1. The van der Waals surface area contributed by atoms with E-state index in [0.29, 0.717) is 23.8 Å². The zero-order chi connectivity index (χ0) is 22.7. The van der Waals surface area contributed by atoms with Crippen LogP contribution >= 0.6 is 22.9 Å². The van der Waals surface area contributed by atoms with Crippen LogP contribution in [0.25, 0.3) is 0 Å². The van der Waals surface area contributed by atoms with E-state index in [9.17, 15) is 14.3 Å². The summed E-state index contributed by atoms with van der Waals surface area (Å²) in [6.07, 6.45) is 7.20. The van der Waals surface area contributed by atoms with Gasteiger partial charge in [-0.3, -0.25) is 0 Å². The van der Waals surface area contributed by atoms with Gasteiger partial charge in [0.05, 0.1) is 23.8 Å². The van der Waals surface area contributed by atoms with Gasteiger partial charge in [-0.05, 0) is 43.7 Å². The number of allylic oxidation sites excluding steroid dienone is 1. The lowest BCUT2D eigenvalue weighted by atomic mass is 9.86. The third-order valence-electron chi connectivity index (χ3n) is 6.04. The van der Waals surface area contributed by atoms with Crippen molar-refractivity contribution in [2.24, 2.45) is 11.8 Å². The fraction of sp³-hybridized carbons (Fsp3) is 0.478. The van der Waals surface area contributed by atoms with Crippen LogP contribution in [0, 0.1) is 17.7 Å². The number of unbranched alkanes of at least 4 members (excludes halogenated alkanes) is 1. The van der Waals surface area contributed by atoms with E-state index in [1.807, 2.05) is 0 Å². The summed E-state index contributed by atoms with van der Waals surface area (Å²) >= 11 is 6.97. The van der Waals surface area contributed by atoms with E-state index in [1.54, 1.807) is 6.07 Å². The molecule has 0 radical (unpaired) electrons. The number of aromatic carboxylic acids is 1. The van der Waals surface area contributed by atoms with Crippen LogP contribution in [0.3, 0.4) is 0 Å². The second kappa shape index (κ2) is 10.3.